The summed E-state index contributed by atoms with van der Waals surface area (Å²) in [5.74, 6) is -2.88. The van der Waals surface area contributed by atoms with Crippen LogP contribution in [0.25, 0.3) is 22.4 Å². The number of nitrogens with zero attached hydrogens (tertiary/aromatic N) is 2. The van der Waals surface area contributed by atoms with Gasteiger partial charge in [0.15, 0.2) is 0 Å². The summed E-state index contributed by atoms with van der Waals surface area (Å²) in [6, 6.07) is 18.3. The number of hydrogen-bond donors (Lipinski definition) is 2. The summed E-state index contributed by atoms with van der Waals surface area (Å²) in [5.41, 5.74) is 3.09. The van der Waals surface area contributed by atoms with Gasteiger partial charge in [-0.05, 0) is 65.5 Å². The lowest BCUT2D eigenvalue weighted by Gasteiger charge is -2.30. The molecule has 45 heavy (non-hydrogen) atoms. The molecule has 0 unspecified atom stereocenters. The van der Waals surface area contributed by atoms with Gasteiger partial charge in [0.2, 0.25) is 5.91 Å². The van der Waals surface area contributed by atoms with Gasteiger partial charge < -0.3 is 19.9 Å². The van der Waals surface area contributed by atoms with Gasteiger partial charge in [-0.1, -0.05) is 78.3 Å². The second-order valence-corrected chi connectivity index (χ2v) is 13.7. The van der Waals surface area contributed by atoms with Crippen molar-refractivity contribution in [3.63, 3.8) is 0 Å². The molecule has 4 aromatic rings. The van der Waals surface area contributed by atoms with Crippen LogP contribution in [-0.4, -0.2) is 39.5 Å². The first-order valence-electron chi connectivity index (χ1n) is 15.2. The zero-order valence-electron chi connectivity index (χ0n) is 24.9. The van der Waals surface area contributed by atoms with E-state index in [-0.39, 0.29) is 41.0 Å². The van der Waals surface area contributed by atoms with Crippen molar-refractivity contribution >= 4 is 27.9 Å². The number of amides is 2. The highest BCUT2D eigenvalue weighted by molar-refractivity contribution is 9.10. The maximum absolute atomic E-state index is 15.5. The van der Waals surface area contributed by atoms with Crippen LogP contribution in [0.4, 0.5) is 13.6 Å². The number of carbonyl (C=O) groups is 2. The zero-order valence-corrected chi connectivity index (χ0v) is 26.5. The lowest BCUT2D eigenvalue weighted by Crippen LogP contribution is -2.51. The number of imidazole rings is 1. The summed E-state index contributed by atoms with van der Waals surface area (Å²) < 4.78 is 37.1. The van der Waals surface area contributed by atoms with E-state index < -0.39 is 18.1 Å². The van der Waals surface area contributed by atoms with E-state index in [4.69, 9.17) is 4.74 Å². The van der Waals surface area contributed by atoms with Crippen molar-refractivity contribution in [2.24, 2.45) is 11.3 Å². The highest BCUT2D eigenvalue weighted by atomic mass is 79.9. The van der Waals surface area contributed by atoms with Gasteiger partial charge >= 0.3 is 6.09 Å². The molecule has 0 radical (unpaired) electrons. The number of aromatic amines is 1. The quantitative estimate of drug-likeness (QED) is 0.208. The van der Waals surface area contributed by atoms with E-state index in [1.807, 2.05) is 55.1 Å². The summed E-state index contributed by atoms with van der Waals surface area (Å²) in [7, 11) is 0. The molecule has 1 spiro atoms. The monoisotopic (exact) mass is 674 g/mol. The lowest BCUT2D eigenvalue weighted by atomic mass is 10.0. The molecule has 2 N–H and O–H groups in total. The van der Waals surface area contributed by atoms with E-state index in [1.54, 1.807) is 24.4 Å². The van der Waals surface area contributed by atoms with Gasteiger partial charge in [0, 0.05) is 27.7 Å². The third kappa shape index (κ3) is 5.43. The fourth-order valence-corrected chi connectivity index (χ4v) is 7.03. The maximum atomic E-state index is 15.5. The Balaban J connectivity index is 1.11. The SMILES string of the molecule is CC(C)[C@H](NC(=O)OCc1ccccc1)C(=O)N1CC2(CC2)C[C@H]1c1ncc(-c2ccc3c(c2)C(F)(F)c2cc(Br)ccc2-3)[nH]1. The first-order chi connectivity index (χ1) is 21.5. The Morgan fingerprint density at radius 1 is 1.07 bits per heavy atom. The number of rotatable bonds is 7. The third-order valence-electron chi connectivity index (χ3n) is 9.36. The smallest absolute Gasteiger partial charge is 0.408 e. The number of nitrogens with one attached hydrogen (secondary N) is 2. The van der Waals surface area contributed by atoms with Gasteiger partial charge in [-0.2, -0.15) is 8.78 Å². The van der Waals surface area contributed by atoms with E-state index >= 15 is 8.78 Å². The topological polar surface area (TPSA) is 87.3 Å². The van der Waals surface area contributed by atoms with E-state index in [1.165, 1.54) is 12.1 Å². The fourth-order valence-electron chi connectivity index (χ4n) is 6.67. The Hall–Kier alpha value is -4.05. The third-order valence-corrected chi connectivity index (χ3v) is 9.85. The molecular weight excluding hydrogens is 642 g/mol. The first-order valence-corrected chi connectivity index (χ1v) is 16.0. The molecule has 3 aromatic carbocycles. The first kappa shape index (κ1) is 29.6. The van der Waals surface area contributed by atoms with Gasteiger partial charge in [0.05, 0.1) is 17.9 Å². The highest BCUT2D eigenvalue weighted by Crippen LogP contribution is 2.58. The summed E-state index contributed by atoms with van der Waals surface area (Å²) in [4.78, 5) is 36.6. The average Bonchev–Trinajstić information content (AvgIpc) is 3.33. The number of aromatic nitrogens is 2. The predicted molar refractivity (Wildman–Crippen MR) is 169 cm³/mol. The van der Waals surface area contributed by atoms with Crippen LogP contribution in [0.15, 0.2) is 77.4 Å². The van der Waals surface area contributed by atoms with E-state index in [9.17, 15) is 9.59 Å². The lowest BCUT2D eigenvalue weighted by molar-refractivity contribution is -0.135. The van der Waals surface area contributed by atoms with E-state index in [0.717, 1.165) is 24.8 Å². The number of fused-ring (bicyclic) bond motifs is 3. The van der Waals surface area contributed by atoms with Crippen LogP contribution in [0.2, 0.25) is 0 Å². The Morgan fingerprint density at radius 2 is 1.78 bits per heavy atom. The minimum atomic E-state index is -3.12. The molecule has 1 saturated heterocycles. The number of benzene rings is 3. The van der Waals surface area contributed by atoms with Crippen LogP contribution >= 0.6 is 15.9 Å². The number of hydrogen-bond acceptors (Lipinski definition) is 4. The molecular formula is C35H33BrF2N4O3. The normalized spacial score (nSPS) is 19.3. The summed E-state index contributed by atoms with van der Waals surface area (Å²) in [6.45, 7) is 4.47. The summed E-state index contributed by atoms with van der Waals surface area (Å²) >= 11 is 3.32. The van der Waals surface area contributed by atoms with Crippen molar-refractivity contribution < 1.29 is 23.1 Å². The molecule has 3 aliphatic rings. The molecule has 10 heteroatoms. The minimum Gasteiger partial charge on any atom is -0.445 e. The van der Waals surface area contributed by atoms with Crippen molar-refractivity contribution in [1.29, 1.82) is 0 Å². The van der Waals surface area contributed by atoms with Gasteiger partial charge in [0.25, 0.3) is 5.92 Å². The van der Waals surface area contributed by atoms with Crippen LogP contribution in [0, 0.1) is 11.3 Å². The Morgan fingerprint density at radius 3 is 2.49 bits per heavy atom. The van der Waals surface area contributed by atoms with Gasteiger partial charge in [-0.15, -0.1) is 0 Å². The van der Waals surface area contributed by atoms with E-state index in [0.29, 0.717) is 39.2 Å². The van der Waals surface area contributed by atoms with Crippen molar-refractivity contribution in [3.8, 4) is 22.4 Å². The Bertz CT molecular complexity index is 1790. The summed E-state index contributed by atoms with van der Waals surface area (Å²) in [6.07, 6.45) is 3.80. The standard InChI is InChI=1S/C35H33BrF2N4O3/c1-20(2)30(41-33(44)45-18-21-6-4-3-5-7-21)32(43)42-19-34(12-13-34)16-29(42)31-39-17-28(40-31)22-8-10-24-25-11-9-23(36)15-27(25)35(37,38)26(24)14-22/h3-11,14-15,17,20,29-30H,12-13,16,18-19H2,1-2H3,(H,39,40)(H,41,44)/t29-,30-/m0/s1. The van der Waals surface area contributed by atoms with Crippen LogP contribution < -0.4 is 5.32 Å². The Kier molecular flexibility index (Phi) is 7.30. The van der Waals surface area contributed by atoms with Crippen molar-refractivity contribution in [2.75, 3.05) is 6.54 Å². The van der Waals surface area contributed by atoms with Crippen LogP contribution in [0.1, 0.15) is 61.7 Å². The molecule has 2 aliphatic carbocycles. The number of alkyl carbamates (subject to hydrolysis) is 1. The van der Waals surface area contributed by atoms with Crippen molar-refractivity contribution in [3.05, 3.63) is 99.9 Å². The van der Waals surface area contributed by atoms with Crippen LogP contribution in [-0.2, 0) is 22.1 Å². The molecule has 232 valence electrons. The number of ether oxygens (including phenoxy) is 1. The minimum absolute atomic E-state index is 0.0126. The molecule has 1 aromatic heterocycles. The van der Waals surface area contributed by atoms with Gasteiger partial charge in [-0.25, -0.2) is 9.78 Å². The van der Waals surface area contributed by atoms with Gasteiger partial charge in [0.1, 0.15) is 18.5 Å². The van der Waals surface area contributed by atoms with Crippen LogP contribution in [0.5, 0.6) is 0 Å². The maximum Gasteiger partial charge on any atom is 0.408 e. The highest BCUT2D eigenvalue weighted by Gasteiger charge is 2.55. The number of H-pyrrole nitrogens is 1. The van der Waals surface area contributed by atoms with Gasteiger partial charge in [-0.3, -0.25) is 4.79 Å². The number of likely N-dealkylation sites (tertiary alicyclic amines) is 1. The van der Waals surface area contributed by atoms with Crippen molar-refractivity contribution in [2.45, 2.75) is 57.7 Å². The molecule has 1 saturated carbocycles. The second-order valence-electron chi connectivity index (χ2n) is 12.8. The molecule has 7 rings (SSSR count). The number of halogens is 3. The molecule has 1 aliphatic heterocycles. The average molecular weight is 676 g/mol. The predicted octanol–water partition coefficient (Wildman–Crippen LogP) is 7.96. The molecule has 2 fully saturated rings. The Labute approximate surface area is 268 Å². The fraction of sp³-hybridized carbons (Fsp3) is 0.343. The van der Waals surface area contributed by atoms with Crippen molar-refractivity contribution in [1.82, 2.24) is 20.2 Å². The molecule has 7 nitrogen and oxygen atoms in total. The number of alkyl halides is 2. The number of carbonyl (C=O) groups excluding carboxylic acids is 2. The largest absolute Gasteiger partial charge is 0.445 e. The zero-order chi connectivity index (χ0) is 31.5. The molecule has 0 bridgehead atoms. The summed E-state index contributed by atoms with van der Waals surface area (Å²) in [5, 5.41) is 2.80. The molecule has 2 amide bonds. The second kappa shape index (κ2) is 11.1. The van der Waals surface area contributed by atoms with Crippen LogP contribution in [0.3, 0.4) is 0 Å². The van der Waals surface area contributed by atoms with E-state index in [2.05, 4.69) is 31.2 Å². The molecule has 2 heterocycles. The molecule has 2 atom stereocenters.